The number of nitrogens with zero attached hydrogens (tertiary/aromatic N) is 8. The summed E-state index contributed by atoms with van der Waals surface area (Å²) in [4.78, 5) is 4.04. The Bertz CT molecular complexity index is 574. The minimum Gasteiger partial charge on any atom is -0.369 e. The number of aromatic amines is 2. The third kappa shape index (κ3) is 1.18. The minimum atomic E-state index is 0.209. The minimum absolute atomic E-state index is 0.209. The molecule has 0 aliphatic rings. The average Bonchev–Trinajstić information content (AvgIpc) is 2.97. The van der Waals surface area contributed by atoms with Crippen LogP contribution in [-0.4, -0.2) is 50.8 Å². The molecule has 16 heavy (non-hydrogen) atoms. The second-order valence-corrected chi connectivity index (χ2v) is 2.80. The van der Waals surface area contributed by atoms with E-state index in [0.29, 0.717) is 17.5 Å². The smallest absolute Gasteiger partial charge is 0.276 e. The molecule has 0 aliphatic carbocycles. The second kappa shape index (κ2) is 3.08. The van der Waals surface area contributed by atoms with E-state index in [1.165, 1.54) is 4.57 Å². The van der Waals surface area contributed by atoms with Gasteiger partial charge in [-0.25, -0.2) is 4.98 Å². The Balaban J connectivity index is 2.09. The molecule has 3 aromatic rings. The van der Waals surface area contributed by atoms with Crippen LogP contribution in [0.25, 0.3) is 17.5 Å². The van der Waals surface area contributed by atoms with E-state index < -0.39 is 0 Å². The van der Waals surface area contributed by atoms with Crippen molar-refractivity contribution in [2.75, 3.05) is 5.73 Å². The fourth-order valence-electron chi connectivity index (χ4n) is 1.19. The van der Waals surface area contributed by atoms with Crippen molar-refractivity contribution in [3.8, 4) is 17.5 Å². The van der Waals surface area contributed by atoms with Crippen LogP contribution in [0, 0.1) is 0 Å². The van der Waals surface area contributed by atoms with Crippen molar-refractivity contribution < 1.29 is 0 Å². The Hall–Kier alpha value is -2.85. The molecule has 3 rings (SSSR count). The second-order valence-electron chi connectivity index (χ2n) is 2.80. The number of nitrogens with one attached hydrogen (secondary N) is 2. The standard InChI is InChI=1S/C5H5N11/c6-4-7-2(3-8-12-13-9-3)1-16(4)5-10-14-15-11-5/h1H,(H2,6,7)(H,8,9,12,13)(H,10,11,14,15). The van der Waals surface area contributed by atoms with Crippen LogP contribution in [0.5, 0.6) is 0 Å². The van der Waals surface area contributed by atoms with Gasteiger partial charge in [0.15, 0.2) is 0 Å². The van der Waals surface area contributed by atoms with Crippen molar-refractivity contribution in [3.63, 3.8) is 0 Å². The maximum Gasteiger partial charge on any atom is 0.276 e. The maximum atomic E-state index is 5.68. The highest BCUT2D eigenvalue weighted by molar-refractivity contribution is 5.51. The molecule has 0 aromatic carbocycles. The van der Waals surface area contributed by atoms with Crippen LogP contribution in [0.1, 0.15) is 0 Å². The van der Waals surface area contributed by atoms with Gasteiger partial charge >= 0.3 is 0 Å². The highest BCUT2D eigenvalue weighted by Crippen LogP contribution is 2.16. The number of rotatable bonds is 2. The number of anilines is 1. The molecule has 3 aromatic heterocycles. The first-order chi connectivity index (χ1) is 7.84. The topological polar surface area (TPSA) is 153 Å². The summed E-state index contributed by atoms with van der Waals surface area (Å²) in [6, 6.07) is 0. The molecular formula is C5H5N11. The molecule has 0 saturated carbocycles. The van der Waals surface area contributed by atoms with Crippen molar-refractivity contribution >= 4 is 5.95 Å². The van der Waals surface area contributed by atoms with Crippen LogP contribution in [0.15, 0.2) is 6.20 Å². The predicted molar refractivity (Wildman–Crippen MR) is 48.9 cm³/mol. The van der Waals surface area contributed by atoms with Gasteiger partial charge in [-0.2, -0.15) is 10.4 Å². The summed E-state index contributed by atoms with van der Waals surface area (Å²) in [7, 11) is 0. The lowest BCUT2D eigenvalue weighted by atomic mass is 10.5. The maximum absolute atomic E-state index is 5.68. The van der Waals surface area contributed by atoms with Gasteiger partial charge in [0, 0.05) is 6.20 Å². The SMILES string of the molecule is Nc1nc(-c2nn[nH]n2)cn1-c1nn[nH]n1. The summed E-state index contributed by atoms with van der Waals surface area (Å²) in [5, 5.41) is 26.6. The van der Waals surface area contributed by atoms with Crippen molar-refractivity contribution in [2.45, 2.75) is 0 Å². The van der Waals surface area contributed by atoms with Gasteiger partial charge in [-0.1, -0.05) is 5.10 Å². The number of imidazole rings is 1. The van der Waals surface area contributed by atoms with Gasteiger partial charge in [-0.3, -0.25) is 4.57 Å². The van der Waals surface area contributed by atoms with Crippen LogP contribution in [0.2, 0.25) is 0 Å². The van der Waals surface area contributed by atoms with Gasteiger partial charge in [0.1, 0.15) is 5.69 Å². The summed E-state index contributed by atoms with van der Waals surface area (Å²) in [6.45, 7) is 0. The number of nitrogens with two attached hydrogens (primary N) is 1. The lowest BCUT2D eigenvalue weighted by Crippen LogP contribution is -2.01. The van der Waals surface area contributed by atoms with Crippen LogP contribution in [0.4, 0.5) is 5.95 Å². The quantitative estimate of drug-likeness (QED) is 0.453. The number of hydrogen-bond acceptors (Lipinski definition) is 8. The van der Waals surface area contributed by atoms with E-state index >= 15 is 0 Å². The molecule has 0 amide bonds. The molecule has 4 N–H and O–H groups in total. The lowest BCUT2D eigenvalue weighted by Gasteiger charge is -1.93. The summed E-state index contributed by atoms with van der Waals surface area (Å²) in [5.41, 5.74) is 6.15. The van der Waals surface area contributed by atoms with E-state index in [1.807, 2.05) is 0 Å². The van der Waals surface area contributed by atoms with Crippen LogP contribution >= 0.6 is 0 Å². The van der Waals surface area contributed by atoms with Crippen molar-refractivity contribution in [2.24, 2.45) is 0 Å². The first kappa shape index (κ1) is 8.46. The number of tetrazole rings is 2. The first-order valence-electron chi connectivity index (χ1n) is 4.17. The fraction of sp³-hybridized carbons (Fsp3) is 0. The molecule has 11 heteroatoms. The molecule has 0 fully saturated rings. The Morgan fingerprint density at radius 1 is 1.12 bits per heavy atom. The highest BCUT2D eigenvalue weighted by Gasteiger charge is 2.13. The number of hydrogen-bond donors (Lipinski definition) is 3. The molecule has 0 bridgehead atoms. The molecular weight excluding hydrogens is 214 g/mol. The molecule has 3 heterocycles. The Morgan fingerprint density at radius 2 is 1.94 bits per heavy atom. The van der Waals surface area contributed by atoms with Crippen LogP contribution < -0.4 is 5.73 Å². The molecule has 0 saturated heterocycles. The Kier molecular flexibility index (Phi) is 1.63. The summed E-state index contributed by atoms with van der Waals surface area (Å²) < 4.78 is 1.45. The Labute approximate surface area is 87.1 Å². The van der Waals surface area contributed by atoms with Gasteiger partial charge in [0.05, 0.1) is 0 Å². The van der Waals surface area contributed by atoms with E-state index in [4.69, 9.17) is 5.73 Å². The van der Waals surface area contributed by atoms with E-state index in [1.54, 1.807) is 6.20 Å². The van der Waals surface area contributed by atoms with Gasteiger partial charge in [0.25, 0.3) is 5.95 Å². The summed E-state index contributed by atoms with van der Waals surface area (Å²) >= 11 is 0. The highest BCUT2D eigenvalue weighted by atomic mass is 15.5. The molecule has 0 spiro atoms. The zero-order valence-electron chi connectivity index (χ0n) is 7.73. The number of H-pyrrole nitrogens is 2. The molecule has 80 valence electrons. The Morgan fingerprint density at radius 3 is 2.62 bits per heavy atom. The van der Waals surface area contributed by atoms with Crippen LogP contribution in [0.3, 0.4) is 0 Å². The molecule has 11 nitrogen and oxygen atoms in total. The lowest BCUT2D eigenvalue weighted by molar-refractivity contribution is 0.881. The molecule has 0 atom stereocenters. The van der Waals surface area contributed by atoms with Gasteiger partial charge in [0.2, 0.25) is 11.8 Å². The van der Waals surface area contributed by atoms with Gasteiger partial charge in [-0.15, -0.1) is 15.3 Å². The largest absolute Gasteiger partial charge is 0.369 e. The van der Waals surface area contributed by atoms with E-state index in [-0.39, 0.29) is 5.95 Å². The average molecular weight is 219 g/mol. The third-order valence-electron chi connectivity index (χ3n) is 1.86. The number of aromatic nitrogens is 10. The third-order valence-corrected chi connectivity index (χ3v) is 1.86. The monoisotopic (exact) mass is 219 g/mol. The predicted octanol–water partition coefficient (Wildman–Crippen LogP) is -1.85. The van der Waals surface area contributed by atoms with Crippen LogP contribution in [-0.2, 0) is 0 Å². The van der Waals surface area contributed by atoms with Gasteiger partial charge < -0.3 is 5.73 Å². The van der Waals surface area contributed by atoms with Crippen molar-refractivity contribution in [3.05, 3.63) is 6.20 Å². The van der Waals surface area contributed by atoms with E-state index in [0.717, 1.165) is 0 Å². The zero-order chi connectivity index (χ0) is 11.0. The van der Waals surface area contributed by atoms with E-state index in [2.05, 4.69) is 46.2 Å². The van der Waals surface area contributed by atoms with Crippen molar-refractivity contribution in [1.82, 2.24) is 50.8 Å². The summed E-state index contributed by atoms with van der Waals surface area (Å²) in [5.74, 6) is 0.842. The van der Waals surface area contributed by atoms with Crippen molar-refractivity contribution in [1.29, 1.82) is 0 Å². The van der Waals surface area contributed by atoms with E-state index in [9.17, 15) is 0 Å². The van der Waals surface area contributed by atoms with Gasteiger partial charge in [-0.05, 0) is 10.4 Å². The fourth-order valence-corrected chi connectivity index (χ4v) is 1.19. The molecule has 0 radical (unpaired) electrons. The molecule has 0 aliphatic heterocycles. The zero-order valence-corrected chi connectivity index (χ0v) is 7.73. The number of nitrogen functional groups attached to an aromatic ring is 1. The summed E-state index contributed by atoms with van der Waals surface area (Å²) in [6.07, 6.45) is 1.59. The molecule has 0 unspecified atom stereocenters. The normalized spacial score (nSPS) is 10.8. The first-order valence-corrected chi connectivity index (χ1v) is 4.17.